The van der Waals surface area contributed by atoms with Crippen LogP contribution in [0.4, 0.5) is 0 Å². The van der Waals surface area contributed by atoms with Crippen molar-refractivity contribution in [1.29, 1.82) is 0 Å². The van der Waals surface area contributed by atoms with Crippen molar-refractivity contribution in [3.8, 4) is 0 Å². The zero-order valence-electron chi connectivity index (χ0n) is 12.5. The van der Waals surface area contributed by atoms with Crippen LogP contribution in [0.1, 0.15) is 44.9 Å². The lowest BCUT2D eigenvalue weighted by Gasteiger charge is -2.28. The molecule has 0 aromatic heterocycles. The van der Waals surface area contributed by atoms with Crippen molar-refractivity contribution in [1.82, 2.24) is 5.32 Å². The summed E-state index contributed by atoms with van der Waals surface area (Å²) in [7, 11) is 1.79. The monoisotopic (exact) mass is 304 g/mol. The quantitative estimate of drug-likeness (QED) is 0.817. The first-order valence-electron chi connectivity index (χ1n) is 7.75. The first-order chi connectivity index (χ1) is 9.24. The first-order valence-corrected chi connectivity index (χ1v) is 7.75. The molecule has 0 radical (unpaired) electrons. The summed E-state index contributed by atoms with van der Waals surface area (Å²) >= 11 is 0. The molecule has 20 heavy (non-hydrogen) atoms. The number of ether oxygens (including phenoxy) is 1. The van der Waals surface area contributed by atoms with Crippen molar-refractivity contribution in [2.45, 2.75) is 51.0 Å². The molecular formula is C15H29ClN2O2. The van der Waals surface area contributed by atoms with Crippen LogP contribution in [0.5, 0.6) is 0 Å². The van der Waals surface area contributed by atoms with Gasteiger partial charge in [-0.05, 0) is 56.9 Å². The summed E-state index contributed by atoms with van der Waals surface area (Å²) in [5, 5.41) is 3.16. The molecule has 0 aromatic rings. The maximum Gasteiger partial charge on any atom is 0.223 e. The van der Waals surface area contributed by atoms with Crippen LogP contribution in [0.3, 0.4) is 0 Å². The zero-order valence-corrected chi connectivity index (χ0v) is 13.3. The van der Waals surface area contributed by atoms with Crippen LogP contribution in [0.2, 0.25) is 0 Å². The van der Waals surface area contributed by atoms with Crippen LogP contribution in [0, 0.1) is 17.8 Å². The Kier molecular flexibility index (Phi) is 7.85. The minimum absolute atomic E-state index is 0. The van der Waals surface area contributed by atoms with Crippen LogP contribution in [-0.2, 0) is 9.53 Å². The summed E-state index contributed by atoms with van der Waals surface area (Å²) in [5.74, 6) is 1.44. The number of hydrogen-bond donors (Lipinski definition) is 2. The second-order valence-electron chi connectivity index (χ2n) is 6.16. The average molecular weight is 305 g/mol. The Hall–Kier alpha value is -0.320. The molecule has 2 saturated carbocycles. The van der Waals surface area contributed by atoms with E-state index in [9.17, 15) is 4.79 Å². The van der Waals surface area contributed by atoms with Crippen LogP contribution >= 0.6 is 12.4 Å². The largest absolute Gasteiger partial charge is 0.381 e. The van der Waals surface area contributed by atoms with Crippen molar-refractivity contribution in [2.24, 2.45) is 23.5 Å². The second-order valence-corrected chi connectivity index (χ2v) is 6.16. The number of carbonyl (C=O) groups excluding carboxylic acids is 1. The van der Waals surface area contributed by atoms with Crippen LogP contribution in [-0.4, -0.2) is 32.2 Å². The molecule has 0 saturated heterocycles. The number of hydrogen-bond acceptors (Lipinski definition) is 3. The van der Waals surface area contributed by atoms with Crippen LogP contribution in [0.15, 0.2) is 0 Å². The van der Waals surface area contributed by atoms with E-state index in [0.717, 1.165) is 38.6 Å². The number of amides is 1. The Morgan fingerprint density at radius 2 is 1.90 bits per heavy atom. The summed E-state index contributed by atoms with van der Waals surface area (Å²) in [6.07, 6.45) is 8.32. The minimum Gasteiger partial charge on any atom is -0.381 e. The van der Waals surface area contributed by atoms with E-state index in [1.807, 2.05) is 0 Å². The lowest BCUT2D eigenvalue weighted by Crippen LogP contribution is -2.38. The fraction of sp³-hybridized carbons (Fsp3) is 0.933. The normalized spacial score (nSPS) is 33.5. The summed E-state index contributed by atoms with van der Waals surface area (Å²) in [6.45, 7) is 1.49. The molecule has 2 aliphatic rings. The molecule has 4 nitrogen and oxygen atoms in total. The van der Waals surface area contributed by atoms with Gasteiger partial charge in [-0.15, -0.1) is 12.4 Å². The molecule has 3 N–H and O–H groups in total. The van der Waals surface area contributed by atoms with E-state index in [1.54, 1.807) is 7.11 Å². The number of halogens is 1. The predicted molar refractivity (Wildman–Crippen MR) is 82.9 cm³/mol. The van der Waals surface area contributed by atoms with E-state index in [0.29, 0.717) is 24.5 Å². The zero-order chi connectivity index (χ0) is 13.7. The number of nitrogens with one attached hydrogen (secondary N) is 1. The minimum atomic E-state index is 0. The Morgan fingerprint density at radius 1 is 1.20 bits per heavy atom. The first kappa shape index (κ1) is 17.7. The lowest BCUT2D eigenvalue weighted by atomic mass is 9.87. The van der Waals surface area contributed by atoms with E-state index in [-0.39, 0.29) is 24.2 Å². The molecule has 0 heterocycles. The highest BCUT2D eigenvalue weighted by Crippen LogP contribution is 2.31. The summed E-state index contributed by atoms with van der Waals surface area (Å²) in [5.41, 5.74) is 5.74. The Balaban J connectivity index is 0.00000200. The fourth-order valence-electron chi connectivity index (χ4n) is 3.61. The van der Waals surface area contributed by atoms with Gasteiger partial charge in [-0.2, -0.15) is 0 Å². The van der Waals surface area contributed by atoms with Gasteiger partial charge in [0, 0.05) is 19.6 Å². The van der Waals surface area contributed by atoms with Crippen LogP contribution in [0.25, 0.3) is 0 Å². The Morgan fingerprint density at radius 3 is 2.50 bits per heavy atom. The molecule has 0 spiro atoms. The van der Waals surface area contributed by atoms with Gasteiger partial charge in [0.25, 0.3) is 0 Å². The van der Waals surface area contributed by atoms with Crippen molar-refractivity contribution in [3.05, 3.63) is 0 Å². The summed E-state index contributed by atoms with van der Waals surface area (Å²) in [6, 6.07) is 0. The summed E-state index contributed by atoms with van der Waals surface area (Å²) in [4.78, 5) is 12.2. The van der Waals surface area contributed by atoms with Gasteiger partial charge in [0.15, 0.2) is 0 Å². The third kappa shape index (κ3) is 4.61. The molecular weight excluding hydrogens is 276 g/mol. The Labute approximate surface area is 128 Å². The second kappa shape index (κ2) is 8.85. The Bertz CT molecular complexity index is 294. The van der Waals surface area contributed by atoms with Gasteiger partial charge in [-0.1, -0.05) is 6.42 Å². The number of methoxy groups -OCH3 is 1. The molecule has 1 amide bonds. The SMILES string of the molecule is COC1CCC(CNC(=O)[C@@H]2CCC[C@@H]2CN)CC1.Cl. The van der Waals surface area contributed by atoms with E-state index >= 15 is 0 Å². The molecule has 0 unspecified atom stereocenters. The molecule has 0 aliphatic heterocycles. The molecule has 2 aliphatic carbocycles. The number of nitrogens with two attached hydrogens (primary N) is 1. The molecule has 5 heteroatoms. The molecule has 0 aromatic carbocycles. The van der Waals surface area contributed by atoms with Gasteiger partial charge in [0.2, 0.25) is 5.91 Å². The predicted octanol–water partition coefficient (Wildman–Crippen LogP) is 2.10. The van der Waals surface area contributed by atoms with Gasteiger partial charge in [0.1, 0.15) is 0 Å². The molecule has 0 bridgehead atoms. The van der Waals surface area contributed by atoms with Gasteiger partial charge >= 0.3 is 0 Å². The maximum atomic E-state index is 12.2. The van der Waals surface area contributed by atoms with Crippen LogP contribution < -0.4 is 11.1 Å². The third-order valence-electron chi connectivity index (χ3n) is 4.99. The summed E-state index contributed by atoms with van der Waals surface area (Å²) < 4.78 is 5.37. The molecule has 2 atom stereocenters. The fourth-order valence-corrected chi connectivity index (χ4v) is 3.61. The van der Waals surface area contributed by atoms with Gasteiger partial charge in [0.05, 0.1) is 6.10 Å². The van der Waals surface area contributed by atoms with Gasteiger partial charge in [-0.3, -0.25) is 4.79 Å². The standard InChI is InChI=1S/C15H28N2O2.ClH/c1-19-13-7-5-11(6-8-13)10-17-15(18)14-4-2-3-12(14)9-16;/h11-14H,2-10,16H2,1H3,(H,17,18);1H/t11?,12-,13?,14-;/m1./s1. The van der Waals surface area contributed by atoms with Crippen molar-refractivity contribution in [3.63, 3.8) is 0 Å². The maximum absolute atomic E-state index is 12.2. The van der Waals surface area contributed by atoms with E-state index in [2.05, 4.69) is 5.32 Å². The van der Waals surface area contributed by atoms with E-state index in [4.69, 9.17) is 10.5 Å². The van der Waals surface area contributed by atoms with Crippen molar-refractivity contribution in [2.75, 3.05) is 20.2 Å². The van der Waals surface area contributed by atoms with E-state index in [1.165, 1.54) is 12.8 Å². The topological polar surface area (TPSA) is 64.3 Å². The van der Waals surface area contributed by atoms with Crippen molar-refractivity contribution >= 4 is 18.3 Å². The van der Waals surface area contributed by atoms with Gasteiger partial charge < -0.3 is 15.8 Å². The third-order valence-corrected chi connectivity index (χ3v) is 4.99. The van der Waals surface area contributed by atoms with E-state index < -0.39 is 0 Å². The highest BCUT2D eigenvalue weighted by Gasteiger charge is 2.32. The van der Waals surface area contributed by atoms with Crippen molar-refractivity contribution < 1.29 is 9.53 Å². The molecule has 118 valence electrons. The highest BCUT2D eigenvalue weighted by atomic mass is 35.5. The average Bonchev–Trinajstić information content (AvgIpc) is 2.93. The number of rotatable bonds is 5. The molecule has 2 rings (SSSR count). The molecule has 2 fully saturated rings. The highest BCUT2D eigenvalue weighted by molar-refractivity contribution is 5.85. The lowest BCUT2D eigenvalue weighted by molar-refractivity contribution is -0.126. The smallest absolute Gasteiger partial charge is 0.223 e. The number of carbonyl (C=O) groups is 1. The van der Waals surface area contributed by atoms with Gasteiger partial charge in [-0.25, -0.2) is 0 Å².